The van der Waals surface area contributed by atoms with Crippen molar-refractivity contribution in [3.63, 3.8) is 0 Å². The first kappa shape index (κ1) is 83.4. The van der Waals surface area contributed by atoms with E-state index >= 15 is 0 Å². The first-order chi connectivity index (χ1) is 41.9. The van der Waals surface area contributed by atoms with Crippen LogP contribution in [0.2, 0.25) is 0 Å². The van der Waals surface area contributed by atoms with Crippen LogP contribution in [0.3, 0.4) is 0 Å². The van der Waals surface area contributed by atoms with Gasteiger partial charge in [-0.05, 0) is 96.7 Å². The smallest absolute Gasteiger partial charge is 0.222 e. The van der Waals surface area contributed by atoms with E-state index in [2.05, 4.69) is 61.1 Å². The van der Waals surface area contributed by atoms with Crippen LogP contribution in [0.15, 0.2) is 0 Å². The predicted octanol–water partition coefficient (Wildman–Crippen LogP) is 24.3. The fraction of sp³-hybridized carbons (Fsp3) is 0.962. The van der Waals surface area contributed by atoms with Gasteiger partial charge in [0.25, 0.3) is 0 Å². The van der Waals surface area contributed by atoms with E-state index in [1.54, 1.807) is 0 Å². The van der Waals surface area contributed by atoms with Crippen molar-refractivity contribution in [2.45, 2.75) is 427 Å². The van der Waals surface area contributed by atoms with Gasteiger partial charge in [-0.15, -0.1) is 0 Å². The van der Waals surface area contributed by atoms with E-state index in [-0.39, 0.29) is 0 Å². The van der Waals surface area contributed by atoms with Gasteiger partial charge in [-0.2, -0.15) is 0 Å². The molecule has 0 saturated heterocycles. The number of hydrogen-bond donors (Lipinski definition) is 0. The number of carbonyl (C=O) groups is 3. The van der Waals surface area contributed by atoms with Gasteiger partial charge in [0.05, 0.1) is 0 Å². The lowest BCUT2D eigenvalue weighted by Crippen LogP contribution is -2.33. The van der Waals surface area contributed by atoms with E-state index in [4.69, 9.17) is 0 Å². The van der Waals surface area contributed by atoms with Crippen LogP contribution in [0.5, 0.6) is 0 Å². The van der Waals surface area contributed by atoms with Gasteiger partial charge in [-0.1, -0.05) is 330 Å². The minimum Gasteiger partial charge on any atom is -0.343 e. The maximum Gasteiger partial charge on any atom is 0.222 e. The highest BCUT2D eigenvalue weighted by Gasteiger charge is 2.17. The lowest BCUT2D eigenvalue weighted by molar-refractivity contribution is -0.132. The summed E-state index contributed by atoms with van der Waals surface area (Å²) in [5.41, 5.74) is 0. The van der Waals surface area contributed by atoms with Crippen LogP contribution in [-0.2, 0) is 14.4 Å². The molecule has 0 bridgehead atoms. The van der Waals surface area contributed by atoms with Gasteiger partial charge in [0.2, 0.25) is 17.7 Å². The van der Waals surface area contributed by atoms with Crippen molar-refractivity contribution in [3.05, 3.63) is 0 Å². The van der Waals surface area contributed by atoms with Crippen LogP contribution in [0, 0.1) is 0 Å². The number of carbonyl (C=O) groups excluding carboxylic acids is 3. The maximum atomic E-state index is 13.8. The molecular weight excluding hydrogens is 1040 g/mol. The molecule has 0 aliphatic heterocycles. The molecule has 0 aliphatic carbocycles. The van der Waals surface area contributed by atoms with Gasteiger partial charge in [0, 0.05) is 58.5 Å². The van der Waals surface area contributed by atoms with Gasteiger partial charge in [-0.25, -0.2) is 0 Å². The number of unbranched alkanes of at least 4 members (excludes halogenated alkanes) is 48. The van der Waals surface area contributed by atoms with Crippen LogP contribution in [0.4, 0.5) is 0 Å². The zero-order chi connectivity index (χ0) is 61.8. The third kappa shape index (κ3) is 59.7. The quantitative estimate of drug-likeness (QED) is 0.0569. The number of amides is 3. The molecule has 0 radical (unpaired) electrons. The van der Waals surface area contributed by atoms with E-state index in [0.717, 1.165) is 155 Å². The highest BCUT2D eigenvalue weighted by atomic mass is 16.2. The molecule has 0 aromatic heterocycles. The molecule has 0 N–H and O–H groups in total. The second-order valence-corrected chi connectivity index (χ2v) is 27.3. The first-order valence-corrected chi connectivity index (χ1v) is 39.4. The molecule has 0 aromatic carbocycles. The van der Waals surface area contributed by atoms with E-state index < -0.39 is 0 Å². The standard InChI is InChI=1S/C78H156N4O3/c1-7-13-19-25-31-37-43-58-70-80(71-59-44-38-32-26-20-14-8-2)76(83)64-52-49-55-67-79(68-56-50-53-65-77(84)81(72-60-45-39-33-27-21-15-9-3)73-61-46-40-34-28-22-16-10-4)69-57-51-54-66-78(85)82(74-62-47-41-35-29-23-17-11-5)75-63-48-42-36-30-24-18-12-6/h7-75H2,1-6H3. The number of hydrogen-bond acceptors (Lipinski definition) is 4. The first-order valence-electron chi connectivity index (χ1n) is 39.4. The Hall–Kier alpha value is -1.63. The highest BCUT2D eigenvalue weighted by molar-refractivity contribution is 5.77. The minimum atomic E-state index is 0.398. The molecule has 0 heterocycles. The Morgan fingerprint density at radius 2 is 0.294 bits per heavy atom. The Labute approximate surface area is 534 Å². The monoisotopic (exact) mass is 1200 g/mol. The lowest BCUT2D eigenvalue weighted by Gasteiger charge is -2.25. The summed E-state index contributed by atoms with van der Waals surface area (Å²) < 4.78 is 0. The maximum absolute atomic E-state index is 13.8. The molecule has 0 unspecified atom stereocenters. The number of rotatable bonds is 72. The predicted molar refractivity (Wildman–Crippen MR) is 377 cm³/mol. The lowest BCUT2D eigenvalue weighted by atomic mass is 10.1. The van der Waals surface area contributed by atoms with Crippen molar-refractivity contribution >= 4 is 17.7 Å². The summed E-state index contributed by atoms with van der Waals surface area (Å²) >= 11 is 0. The molecule has 506 valence electrons. The molecule has 7 nitrogen and oxygen atoms in total. The SMILES string of the molecule is CCCCCCCCCCN(CCCCCCCCCC)C(=O)CCCCCN(CCCCCC(=O)N(CCCCCCCCCC)CCCCCCCCCC)CCCCCC(=O)N(CCCCCCCCCC)CCCCCCCCCC. The zero-order valence-corrected chi connectivity index (χ0v) is 59.3. The molecule has 0 spiro atoms. The van der Waals surface area contributed by atoms with Crippen LogP contribution in [-0.4, -0.2) is 96.2 Å². The summed E-state index contributed by atoms with van der Waals surface area (Å²) in [7, 11) is 0. The Morgan fingerprint density at radius 1 is 0.165 bits per heavy atom. The summed E-state index contributed by atoms with van der Waals surface area (Å²) in [6.45, 7) is 22.7. The third-order valence-corrected chi connectivity index (χ3v) is 18.8. The fourth-order valence-electron chi connectivity index (χ4n) is 12.9. The van der Waals surface area contributed by atoms with Gasteiger partial charge >= 0.3 is 0 Å². The van der Waals surface area contributed by atoms with E-state index in [0.29, 0.717) is 37.0 Å². The normalized spacial score (nSPS) is 11.6. The Kier molecular flexibility index (Phi) is 68.5. The van der Waals surface area contributed by atoms with E-state index in [1.165, 1.54) is 270 Å². The van der Waals surface area contributed by atoms with Crippen LogP contribution in [0.25, 0.3) is 0 Å². The van der Waals surface area contributed by atoms with Crippen LogP contribution < -0.4 is 0 Å². The average molecular weight is 1200 g/mol. The summed E-state index contributed by atoms with van der Waals surface area (Å²) in [4.78, 5) is 51.0. The second-order valence-electron chi connectivity index (χ2n) is 27.3. The van der Waals surface area contributed by atoms with Crippen LogP contribution in [0.1, 0.15) is 427 Å². The highest BCUT2D eigenvalue weighted by Crippen LogP contribution is 2.19. The van der Waals surface area contributed by atoms with Crippen molar-refractivity contribution in [2.75, 3.05) is 58.9 Å². The summed E-state index contributed by atoms with van der Waals surface area (Å²) in [6.07, 6.45) is 74.6. The van der Waals surface area contributed by atoms with Crippen molar-refractivity contribution in [2.24, 2.45) is 0 Å². The van der Waals surface area contributed by atoms with Gasteiger partial charge in [-0.3, -0.25) is 14.4 Å². The van der Waals surface area contributed by atoms with E-state index in [9.17, 15) is 14.4 Å². The molecule has 7 heteroatoms. The summed E-state index contributed by atoms with van der Waals surface area (Å²) in [5, 5.41) is 0. The molecule has 0 fully saturated rings. The molecule has 0 aliphatic rings. The number of nitrogens with zero attached hydrogens (tertiary/aromatic N) is 4. The summed E-state index contributed by atoms with van der Waals surface area (Å²) in [6, 6.07) is 0. The Balaban J connectivity index is 5.61. The third-order valence-electron chi connectivity index (χ3n) is 18.8. The van der Waals surface area contributed by atoms with Crippen molar-refractivity contribution in [1.82, 2.24) is 19.6 Å². The molecule has 0 rings (SSSR count). The molecular formula is C78H156N4O3. The average Bonchev–Trinajstić information content (AvgIpc) is 3.51. The largest absolute Gasteiger partial charge is 0.343 e. The van der Waals surface area contributed by atoms with Crippen molar-refractivity contribution in [1.29, 1.82) is 0 Å². The van der Waals surface area contributed by atoms with Crippen LogP contribution >= 0.6 is 0 Å². The topological polar surface area (TPSA) is 64.2 Å². The van der Waals surface area contributed by atoms with E-state index in [1.807, 2.05) is 0 Å². The molecule has 85 heavy (non-hydrogen) atoms. The Morgan fingerprint density at radius 3 is 0.459 bits per heavy atom. The van der Waals surface area contributed by atoms with Gasteiger partial charge in [0.1, 0.15) is 0 Å². The molecule has 0 aromatic rings. The minimum absolute atomic E-state index is 0.398. The van der Waals surface area contributed by atoms with Crippen molar-refractivity contribution < 1.29 is 14.4 Å². The molecule has 0 saturated carbocycles. The second kappa shape index (κ2) is 69.8. The fourth-order valence-corrected chi connectivity index (χ4v) is 12.9. The van der Waals surface area contributed by atoms with Gasteiger partial charge in [0.15, 0.2) is 0 Å². The van der Waals surface area contributed by atoms with Gasteiger partial charge < -0.3 is 19.6 Å². The Bertz CT molecular complexity index is 1130. The van der Waals surface area contributed by atoms with Crippen molar-refractivity contribution in [3.8, 4) is 0 Å². The zero-order valence-electron chi connectivity index (χ0n) is 59.3. The molecule has 3 amide bonds. The molecule has 0 atom stereocenters. The summed E-state index contributed by atoms with van der Waals surface area (Å²) in [5.74, 6) is 1.19.